The predicted octanol–water partition coefficient (Wildman–Crippen LogP) is 2.52. The number of carbonyl (C=O) groups is 1. The van der Waals surface area contributed by atoms with Crippen LogP contribution >= 0.6 is 0 Å². The van der Waals surface area contributed by atoms with Gasteiger partial charge in [-0.1, -0.05) is 12.1 Å². The summed E-state index contributed by atoms with van der Waals surface area (Å²) in [5.74, 6) is 0.593. The van der Waals surface area contributed by atoms with Crippen LogP contribution < -0.4 is 5.32 Å². The highest BCUT2D eigenvalue weighted by Gasteiger charge is 2.37. The molecule has 0 aromatic carbocycles. The van der Waals surface area contributed by atoms with E-state index < -0.39 is 5.67 Å². The van der Waals surface area contributed by atoms with Crippen LogP contribution in [-0.4, -0.2) is 54.8 Å². The lowest BCUT2D eigenvalue weighted by molar-refractivity contribution is -0.134. The second-order valence-corrected chi connectivity index (χ2v) is 6.90. The van der Waals surface area contributed by atoms with Gasteiger partial charge in [0.1, 0.15) is 11.5 Å². The van der Waals surface area contributed by atoms with Crippen molar-refractivity contribution in [1.82, 2.24) is 9.88 Å². The average molecular weight is 347 g/mol. The summed E-state index contributed by atoms with van der Waals surface area (Å²) in [6.07, 6.45) is 6.99. The minimum Gasteiger partial charge on any atom is -0.466 e. The summed E-state index contributed by atoms with van der Waals surface area (Å²) in [4.78, 5) is 17.7. The summed E-state index contributed by atoms with van der Waals surface area (Å²) in [5.41, 5.74) is 1.04. The second-order valence-electron chi connectivity index (χ2n) is 6.90. The molecule has 2 aliphatic rings. The van der Waals surface area contributed by atoms with Crippen LogP contribution in [0.3, 0.4) is 0 Å². The number of aromatic nitrogens is 1. The third-order valence-corrected chi connectivity index (χ3v) is 4.98. The quantitative estimate of drug-likeness (QED) is 0.633. The summed E-state index contributed by atoms with van der Waals surface area (Å²) < 4.78 is 19.6. The smallest absolute Gasteiger partial charge is 0.330 e. The van der Waals surface area contributed by atoms with Gasteiger partial charge in [0, 0.05) is 37.9 Å². The van der Waals surface area contributed by atoms with Crippen molar-refractivity contribution in [3.63, 3.8) is 0 Å². The van der Waals surface area contributed by atoms with Crippen molar-refractivity contribution >= 4 is 11.8 Å². The molecule has 0 bridgehead atoms. The number of carbonyl (C=O) groups excluding carboxylic acids is 1. The number of halogens is 1. The van der Waals surface area contributed by atoms with E-state index >= 15 is 4.39 Å². The van der Waals surface area contributed by atoms with Crippen molar-refractivity contribution in [2.75, 3.05) is 38.6 Å². The first-order chi connectivity index (χ1) is 12.1. The number of ether oxygens (including phenoxy) is 1. The number of likely N-dealkylation sites (tertiary alicyclic amines) is 1. The van der Waals surface area contributed by atoms with E-state index in [2.05, 4.69) is 21.1 Å². The minimum atomic E-state index is -1.18. The number of nitrogens with one attached hydrogen (secondary N) is 1. The van der Waals surface area contributed by atoms with E-state index in [0.717, 1.165) is 30.9 Å². The molecule has 0 saturated carbocycles. The Kier molecular flexibility index (Phi) is 5.68. The first-order valence-corrected chi connectivity index (χ1v) is 8.96. The molecule has 1 atom stereocenters. The predicted molar refractivity (Wildman–Crippen MR) is 95.4 cm³/mol. The number of nitrogens with zero attached hydrogens (tertiary/aromatic N) is 2. The number of hydrogen-bond acceptors (Lipinski definition) is 5. The number of esters is 1. The Morgan fingerprint density at radius 3 is 3.24 bits per heavy atom. The lowest BCUT2D eigenvalue weighted by atomic mass is 9.97. The maximum absolute atomic E-state index is 15.0. The topological polar surface area (TPSA) is 54.5 Å². The van der Waals surface area contributed by atoms with Gasteiger partial charge in [0.2, 0.25) is 0 Å². The number of pyridine rings is 1. The van der Waals surface area contributed by atoms with Crippen LogP contribution in [0.1, 0.15) is 30.5 Å². The van der Waals surface area contributed by atoms with E-state index in [1.807, 2.05) is 11.0 Å². The van der Waals surface area contributed by atoms with E-state index in [1.54, 1.807) is 6.08 Å². The van der Waals surface area contributed by atoms with Crippen molar-refractivity contribution in [2.45, 2.75) is 37.8 Å². The third-order valence-electron chi connectivity index (χ3n) is 4.98. The van der Waals surface area contributed by atoms with Crippen molar-refractivity contribution in [2.24, 2.45) is 0 Å². The van der Waals surface area contributed by atoms with Gasteiger partial charge in [-0.25, -0.2) is 14.2 Å². The van der Waals surface area contributed by atoms with Gasteiger partial charge >= 0.3 is 5.97 Å². The van der Waals surface area contributed by atoms with Crippen molar-refractivity contribution in [3.05, 3.63) is 35.5 Å². The molecule has 0 spiro atoms. The Labute approximate surface area is 148 Å². The van der Waals surface area contributed by atoms with Gasteiger partial charge in [-0.2, -0.15) is 0 Å². The summed E-state index contributed by atoms with van der Waals surface area (Å²) in [7, 11) is 1.35. The van der Waals surface area contributed by atoms with Crippen LogP contribution in [0.25, 0.3) is 0 Å². The minimum absolute atomic E-state index is 0.377. The second kappa shape index (κ2) is 7.95. The lowest BCUT2D eigenvalue weighted by Gasteiger charge is -2.21. The number of alkyl halides is 1. The number of anilines is 1. The van der Waals surface area contributed by atoms with E-state index in [4.69, 9.17) is 0 Å². The molecule has 1 aromatic heterocycles. The van der Waals surface area contributed by atoms with Gasteiger partial charge in [-0.3, -0.25) is 4.90 Å². The Balaban J connectivity index is 1.49. The fraction of sp³-hybridized carbons (Fsp3) is 0.579. The molecule has 6 heteroatoms. The largest absolute Gasteiger partial charge is 0.466 e. The lowest BCUT2D eigenvalue weighted by Crippen LogP contribution is -2.30. The van der Waals surface area contributed by atoms with Crippen LogP contribution in [0.4, 0.5) is 10.2 Å². The number of methoxy groups -OCH3 is 1. The molecule has 1 saturated heterocycles. The van der Waals surface area contributed by atoms with Crippen molar-refractivity contribution in [3.8, 4) is 0 Å². The zero-order valence-electron chi connectivity index (χ0n) is 14.8. The van der Waals surface area contributed by atoms with Gasteiger partial charge in [-0.15, -0.1) is 0 Å². The molecule has 25 heavy (non-hydrogen) atoms. The van der Waals surface area contributed by atoms with E-state index in [1.165, 1.54) is 18.7 Å². The Morgan fingerprint density at radius 2 is 2.40 bits per heavy atom. The molecule has 3 rings (SSSR count). The van der Waals surface area contributed by atoms with Crippen LogP contribution in [0.5, 0.6) is 0 Å². The fourth-order valence-corrected chi connectivity index (χ4v) is 3.50. The zero-order valence-corrected chi connectivity index (χ0v) is 14.8. The van der Waals surface area contributed by atoms with Crippen LogP contribution in [0.2, 0.25) is 0 Å². The van der Waals surface area contributed by atoms with Gasteiger partial charge in [0.25, 0.3) is 0 Å². The van der Waals surface area contributed by atoms with E-state index in [0.29, 0.717) is 38.9 Å². The maximum Gasteiger partial charge on any atom is 0.330 e. The molecule has 136 valence electrons. The van der Waals surface area contributed by atoms with E-state index in [-0.39, 0.29) is 5.97 Å². The van der Waals surface area contributed by atoms with Gasteiger partial charge < -0.3 is 10.1 Å². The van der Waals surface area contributed by atoms with E-state index in [9.17, 15) is 4.79 Å². The fourth-order valence-electron chi connectivity index (χ4n) is 3.50. The maximum atomic E-state index is 15.0. The average Bonchev–Trinajstić information content (AvgIpc) is 3.01. The Morgan fingerprint density at radius 1 is 1.52 bits per heavy atom. The number of fused-ring (bicyclic) bond motifs is 1. The standard InChI is InChI=1S/C19H26FN3O2/c1-25-17(24)5-3-12-23-13-10-19(20,14-23)9-8-16-7-6-15-4-2-11-21-18(15)22-16/h3,5-7H,2,4,8-14H2,1H3,(H,21,22)/b5-3+. The molecule has 2 aliphatic heterocycles. The Bertz CT molecular complexity index is 650. The summed E-state index contributed by atoms with van der Waals surface area (Å²) in [5, 5.41) is 3.33. The molecule has 0 radical (unpaired) electrons. The van der Waals surface area contributed by atoms with Gasteiger partial charge in [-0.05, 0) is 43.7 Å². The molecule has 0 aliphatic carbocycles. The van der Waals surface area contributed by atoms with Gasteiger partial charge in [0.05, 0.1) is 7.11 Å². The zero-order chi connectivity index (χ0) is 17.7. The molecule has 3 heterocycles. The first-order valence-electron chi connectivity index (χ1n) is 8.96. The molecule has 5 nitrogen and oxygen atoms in total. The molecule has 0 amide bonds. The molecule has 1 fully saturated rings. The van der Waals surface area contributed by atoms with Gasteiger partial charge in [0.15, 0.2) is 0 Å². The third kappa shape index (κ3) is 4.78. The highest BCUT2D eigenvalue weighted by atomic mass is 19.1. The summed E-state index contributed by atoms with van der Waals surface area (Å²) >= 11 is 0. The number of aryl methyl sites for hydroxylation is 2. The van der Waals surface area contributed by atoms with Crippen LogP contribution in [0, 0.1) is 0 Å². The summed E-state index contributed by atoms with van der Waals surface area (Å²) in [6, 6.07) is 4.15. The van der Waals surface area contributed by atoms with Crippen molar-refractivity contribution in [1.29, 1.82) is 0 Å². The first kappa shape index (κ1) is 17.9. The monoisotopic (exact) mass is 347 g/mol. The molecule has 1 N–H and O–H groups in total. The van der Waals surface area contributed by atoms with Crippen molar-refractivity contribution < 1.29 is 13.9 Å². The molecule has 1 aromatic rings. The normalized spacial score (nSPS) is 23.4. The van der Waals surface area contributed by atoms with Crippen LogP contribution in [-0.2, 0) is 22.4 Å². The SMILES string of the molecule is COC(=O)/C=C/CN1CCC(F)(CCc2ccc3c(n2)NCCC3)C1. The Hall–Kier alpha value is -1.95. The number of rotatable bonds is 6. The molecular weight excluding hydrogens is 321 g/mol. The van der Waals surface area contributed by atoms with Crippen LogP contribution in [0.15, 0.2) is 24.3 Å². The highest BCUT2D eigenvalue weighted by Crippen LogP contribution is 2.30. The number of hydrogen-bond donors (Lipinski definition) is 1. The summed E-state index contributed by atoms with van der Waals surface area (Å²) in [6.45, 7) is 2.65. The molecule has 1 unspecified atom stereocenters. The molecular formula is C19H26FN3O2. The highest BCUT2D eigenvalue weighted by molar-refractivity contribution is 5.81.